The standard InChI is InChI=1S/C15H21FN2S/c1-17-15(19)18(14-5-3-2-4-6-14)11-12-7-9-13(16)10-8-12/h7-10,14H,2-6,11H2,1H3,(H,17,19). The smallest absolute Gasteiger partial charge is 0.169 e. The minimum atomic E-state index is -0.191. The molecule has 0 radical (unpaired) electrons. The number of halogens is 1. The fourth-order valence-electron chi connectivity index (χ4n) is 2.69. The molecule has 1 aliphatic rings. The van der Waals surface area contributed by atoms with E-state index < -0.39 is 0 Å². The second kappa shape index (κ2) is 6.85. The van der Waals surface area contributed by atoms with Crippen LogP contribution >= 0.6 is 12.2 Å². The van der Waals surface area contributed by atoms with Crippen molar-refractivity contribution in [2.24, 2.45) is 0 Å². The minimum absolute atomic E-state index is 0.191. The van der Waals surface area contributed by atoms with Crippen LogP contribution < -0.4 is 5.32 Å². The number of nitrogens with zero attached hydrogens (tertiary/aromatic N) is 1. The van der Waals surface area contributed by atoms with Crippen LogP contribution in [0.3, 0.4) is 0 Å². The summed E-state index contributed by atoms with van der Waals surface area (Å²) in [6.07, 6.45) is 6.27. The van der Waals surface area contributed by atoms with Crippen molar-refractivity contribution in [1.82, 2.24) is 10.2 Å². The van der Waals surface area contributed by atoms with Gasteiger partial charge in [0.2, 0.25) is 0 Å². The first-order valence-corrected chi connectivity index (χ1v) is 7.34. The topological polar surface area (TPSA) is 15.3 Å². The Bertz CT molecular complexity index is 413. The van der Waals surface area contributed by atoms with E-state index in [0.29, 0.717) is 6.04 Å². The average molecular weight is 280 g/mol. The highest BCUT2D eigenvalue weighted by Gasteiger charge is 2.22. The van der Waals surface area contributed by atoms with Gasteiger partial charge in [-0.3, -0.25) is 0 Å². The zero-order valence-electron chi connectivity index (χ0n) is 11.4. The van der Waals surface area contributed by atoms with Gasteiger partial charge in [0.1, 0.15) is 5.82 Å². The first-order chi connectivity index (χ1) is 9.20. The zero-order valence-corrected chi connectivity index (χ0v) is 12.2. The van der Waals surface area contributed by atoms with Gasteiger partial charge in [-0.25, -0.2) is 4.39 Å². The molecule has 1 aliphatic carbocycles. The largest absolute Gasteiger partial charge is 0.366 e. The summed E-state index contributed by atoms with van der Waals surface area (Å²) in [6.45, 7) is 0.755. The van der Waals surface area contributed by atoms with E-state index in [1.165, 1.54) is 44.2 Å². The molecule has 0 aliphatic heterocycles. The van der Waals surface area contributed by atoms with Crippen LogP contribution in [-0.4, -0.2) is 23.1 Å². The van der Waals surface area contributed by atoms with E-state index in [9.17, 15) is 4.39 Å². The Hall–Kier alpha value is -1.16. The molecule has 2 rings (SSSR count). The van der Waals surface area contributed by atoms with Crippen LogP contribution in [0.1, 0.15) is 37.7 Å². The van der Waals surface area contributed by atoms with Crippen molar-refractivity contribution in [2.45, 2.75) is 44.7 Å². The predicted molar refractivity (Wildman–Crippen MR) is 80.5 cm³/mol. The summed E-state index contributed by atoms with van der Waals surface area (Å²) in [5.41, 5.74) is 1.10. The Morgan fingerprint density at radius 1 is 1.26 bits per heavy atom. The number of hydrogen-bond donors (Lipinski definition) is 1. The number of rotatable bonds is 3. The molecule has 0 bridgehead atoms. The van der Waals surface area contributed by atoms with Crippen LogP contribution in [0.2, 0.25) is 0 Å². The third-order valence-corrected chi connectivity index (χ3v) is 4.20. The molecule has 0 atom stereocenters. The van der Waals surface area contributed by atoms with Crippen molar-refractivity contribution < 1.29 is 4.39 Å². The Morgan fingerprint density at radius 3 is 2.47 bits per heavy atom. The van der Waals surface area contributed by atoms with E-state index in [4.69, 9.17) is 12.2 Å². The maximum Gasteiger partial charge on any atom is 0.169 e. The summed E-state index contributed by atoms with van der Waals surface area (Å²) in [7, 11) is 1.86. The molecule has 4 heteroatoms. The van der Waals surface area contributed by atoms with Crippen molar-refractivity contribution in [2.75, 3.05) is 7.05 Å². The van der Waals surface area contributed by atoms with Gasteiger partial charge in [-0.05, 0) is 42.8 Å². The highest BCUT2D eigenvalue weighted by atomic mass is 32.1. The first kappa shape index (κ1) is 14.3. The molecule has 1 aromatic rings. The Balaban J connectivity index is 2.08. The molecule has 1 saturated carbocycles. The summed E-state index contributed by atoms with van der Waals surface area (Å²) in [4.78, 5) is 2.25. The second-order valence-electron chi connectivity index (χ2n) is 5.10. The van der Waals surface area contributed by atoms with Crippen molar-refractivity contribution in [3.8, 4) is 0 Å². The fraction of sp³-hybridized carbons (Fsp3) is 0.533. The molecular weight excluding hydrogens is 259 g/mol. The van der Waals surface area contributed by atoms with Crippen molar-refractivity contribution in [3.63, 3.8) is 0 Å². The maximum absolute atomic E-state index is 13.0. The summed E-state index contributed by atoms with van der Waals surface area (Å²) >= 11 is 5.42. The zero-order chi connectivity index (χ0) is 13.7. The van der Waals surface area contributed by atoms with E-state index in [-0.39, 0.29) is 5.82 Å². The average Bonchev–Trinajstić information content (AvgIpc) is 2.47. The van der Waals surface area contributed by atoms with Crippen LogP contribution in [0.5, 0.6) is 0 Å². The van der Waals surface area contributed by atoms with Gasteiger partial charge in [0, 0.05) is 19.6 Å². The fourth-order valence-corrected chi connectivity index (χ4v) is 2.90. The molecule has 19 heavy (non-hydrogen) atoms. The minimum Gasteiger partial charge on any atom is -0.366 e. The summed E-state index contributed by atoms with van der Waals surface area (Å²) in [5, 5.41) is 3.87. The van der Waals surface area contributed by atoms with E-state index in [1.807, 2.05) is 19.2 Å². The normalized spacial score (nSPS) is 16.1. The van der Waals surface area contributed by atoms with E-state index in [2.05, 4.69) is 10.2 Å². The number of hydrogen-bond acceptors (Lipinski definition) is 1. The molecule has 1 N–H and O–H groups in total. The van der Waals surface area contributed by atoms with E-state index in [0.717, 1.165) is 17.2 Å². The summed E-state index contributed by atoms with van der Waals surface area (Å²) in [6, 6.07) is 7.21. The van der Waals surface area contributed by atoms with Crippen molar-refractivity contribution in [3.05, 3.63) is 35.6 Å². The summed E-state index contributed by atoms with van der Waals surface area (Å²) in [5.74, 6) is -0.191. The molecular formula is C15H21FN2S. The molecule has 0 spiro atoms. The summed E-state index contributed by atoms with van der Waals surface area (Å²) < 4.78 is 13.0. The van der Waals surface area contributed by atoms with Crippen LogP contribution in [0.15, 0.2) is 24.3 Å². The Labute approximate surface area is 120 Å². The van der Waals surface area contributed by atoms with Gasteiger partial charge in [0.25, 0.3) is 0 Å². The lowest BCUT2D eigenvalue weighted by atomic mass is 9.94. The van der Waals surface area contributed by atoms with Crippen LogP contribution in [0.25, 0.3) is 0 Å². The molecule has 104 valence electrons. The quantitative estimate of drug-likeness (QED) is 0.854. The highest BCUT2D eigenvalue weighted by molar-refractivity contribution is 7.80. The van der Waals surface area contributed by atoms with Gasteiger partial charge in [-0.1, -0.05) is 31.4 Å². The number of nitrogens with one attached hydrogen (secondary N) is 1. The molecule has 0 aromatic heterocycles. The van der Waals surface area contributed by atoms with Gasteiger partial charge in [-0.2, -0.15) is 0 Å². The Kier molecular flexibility index (Phi) is 5.14. The third-order valence-electron chi connectivity index (χ3n) is 3.76. The van der Waals surface area contributed by atoms with Crippen LogP contribution in [0, 0.1) is 5.82 Å². The van der Waals surface area contributed by atoms with E-state index >= 15 is 0 Å². The van der Waals surface area contributed by atoms with Gasteiger partial charge in [-0.15, -0.1) is 0 Å². The molecule has 0 unspecified atom stereocenters. The molecule has 1 fully saturated rings. The van der Waals surface area contributed by atoms with Gasteiger partial charge >= 0.3 is 0 Å². The van der Waals surface area contributed by atoms with Gasteiger partial charge in [0.05, 0.1) is 0 Å². The highest BCUT2D eigenvalue weighted by Crippen LogP contribution is 2.24. The van der Waals surface area contributed by atoms with Crippen LogP contribution in [-0.2, 0) is 6.54 Å². The maximum atomic E-state index is 13.0. The van der Waals surface area contributed by atoms with Gasteiger partial charge < -0.3 is 10.2 Å². The number of benzene rings is 1. The molecule has 2 nitrogen and oxygen atoms in total. The molecule has 0 heterocycles. The second-order valence-corrected chi connectivity index (χ2v) is 5.49. The lowest BCUT2D eigenvalue weighted by Gasteiger charge is -2.36. The van der Waals surface area contributed by atoms with E-state index in [1.54, 1.807) is 0 Å². The molecule has 1 aromatic carbocycles. The predicted octanol–water partition coefficient (Wildman–Crippen LogP) is 3.46. The number of thiocarbonyl (C=S) groups is 1. The Morgan fingerprint density at radius 2 is 1.89 bits per heavy atom. The first-order valence-electron chi connectivity index (χ1n) is 6.93. The monoisotopic (exact) mass is 280 g/mol. The van der Waals surface area contributed by atoms with Gasteiger partial charge in [0.15, 0.2) is 5.11 Å². The SMILES string of the molecule is CNC(=S)N(Cc1ccc(F)cc1)C1CCCCC1. The lowest BCUT2D eigenvalue weighted by Crippen LogP contribution is -2.45. The lowest BCUT2D eigenvalue weighted by molar-refractivity contribution is 0.236. The van der Waals surface area contributed by atoms with Crippen molar-refractivity contribution >= 4 is 17.3 Å². The molecule has 0 amide bonds. The third kappa shape index (κ3) is 3.90. The van der Waals surface area contributed by atoms with Crippen molar-refractivity contribution in [1.29, 1.82) is 0 Å². The van der Waals surface area contributed by atoms with Crippen LogP contribution in [0.4, 0.5) is 4.39 Å². The molecule has 0 saturated heterocycles.